The molecule has 0 unspecified atom stereocenters. The molecule has 0 radical (unpaired) electrons. The van der Waals surface area contributed by atoms with Gasteiger partial charge >= 0.3 is 0 Å². The zero-order valence-electron chi connectivity index (χ0n) is 13.8. The molecule has 0 saturated heterocycles. The van der Waals surface area contributed by atoms with Crippen molar-refractivity contribution in [3.63, 3.8) is 0 Å². The fourth-order valence-corrected chi connectivity index (χ4v) is 3.05. The molecule has 25 heavy (non-hydrogen) atoms. The summed E-state index contributed by atoms with van der Waals surface area (Å²) in [6.45, 7) is 0.822. The van der Waals surface area contributed by atoms with E-state index in [4.69, 9.17) is 9.47 Å². The SMILES string of the molecule is COc1ccc(OCCNC(=O)/C=C/c2nc3ccccc3s2)cc1. The van der Waals surface area contributed by atoms with Crippen LogP contribution in [-0.2, 0) is 4.79 Å². The van der Waals surface area contributed by atoms with Crippen LogP contribution in [0.1, 0.15) is 5.01 Å². The molecule has 0 atom stereocenters. The van der Waals surface area contributed by atoms with Gasteiger partial charge in [0, 0.05) is 6.08 Å². The summed E-state index contributed by atoms with van der Waals surface area (Å²) in [6.07, 6.45) is 3.22. The van der Waals surface area contributed by atoms with Crippen LogP contribution in [0.15, 0.2) is 54.6 Å². The van der Waals surface area contributed by atoms with E-state index < -0.39 is 0 Å². The molecule has 3 aromatic rings. The number of nitrogens with zero attached hydrogens (tertiary/aromatic N) is 1. The van der Waals surface area contributed by atoms with Gasteiger partial charge in [0.1, 0.15) is 23.1 Å². The summed E-state index contributed by atoms with van der Waals surface area (Å²) < 4.78 is 11.7. The van der Waals surface area contributed by atoms with Crippen LogP contribution >= 0.6 is 11.3 Å². The zero-order valence-corrected chi connectivity index (χ0v) is 14.6. The summed E-state index contributed by atoms with van der Waals surface area (Å²) in [7, 11) is 1.62. The van der Waals surface area contributed by atoms with Crippen molar-refractivity contribution in [2.75, 3.05) is 20.3 Å². The second-order valence-electron chi connectivity index (χ2n) is 5.17. The monoisotopic (exact) mass is 354 g/mol. The van der Waals surface area contributed by atoms with Crippen LogP contribution in [0.4, 0.5) is 0 Å². The average Bonchev–Trinajstić information content (AvgIpc) is 3.07. The number of rotatable bonds is 7. The fraction of sp³-hybridized carbons (Fsp3) is 0.158. The number of nitrogens with one attached hydrogen (secondary N) is 1. The average molecular weight is 354 g/mol. The number of hydrogen-bond donors (Lipinski definition) is 1. The summed E-state index contributed by atoms with van der Waals surface area (Å²) in [5, 5.41) is 3.59. The number of aromatic nitrogens is 1. The van der Waals surface area contributed by atoms with E-state index in [0.29, 0.717) is 13.2 Å². The van der Waals surface area contributed by atoms with E-state index in [1.54, 1.807) is 24.5 Å². The molecule has 0 bridgehead atoms. The van der Waals surface area contributed by atoms with E-state index in [1.165, 1.54) is 6.08 Å². The van der Waals surface area contributed by atoms with Crippen molar-refractivity contribution in [2.24, 2.45) is 0 Å². The fourth-order valence-electron chi connectivity index (χ4n) is 2.18. The smallest absolute Gasteiger partial charge is 0.244 e. The Morgan fingerprint density at radius 1 is 1.16 bits per heavy atom. The predicted octanol–water partition coefficient (Wildman–Crippen LogP) is 3.51. The van der Waals surface area contributed by atoms with Crippen molar-refractivity contribution in [3.05, 3.63) is 59.6 Å². The molecule has 6 heteroatoms. The number of ether oxygens (including phenoxy) is 2. The van der Waals surface area contributed by atoms with Gasteiger partial charge in [0.2, 0.25) is 5.91 Å². The van der Waals surface area contributed by atoms with Gasteiger partial charge in [0.05, 0.1) is 23.9 Å². The second kappa shape index (κ2) is 8.30. The van der Waals surface area contributed by atoms with Crippen molar-refractivity contribution in [1.29, 1.82) is 0 Å². The number of amides is 1. The third-order valence-corrected chi connectivity index (χ3v) is 4.42. The van der Waals surface area contributed by atoms with E-state index in [1.807, 2.05) is 48.5 Å². The summed E-state index contributed by atoms with van der Waals surface area (Å²) in [4.78, 5) is 16.3. The van der Waals surface area contributed by atoms with E-state index in [9.17, 15) is 4.79 Å². The first-order valence-electron chi connectivity index (χ1n) is 7.83. The quantitative estimate of drug-likeness (QED) is 0.521. The molecule has 1 amide bonds. The third kappa shape index (κ3) is 4.81. The number of carbonyl (C=O) groups is 1. The Hall–Kier alpha value is -2.86. The highest BCUT2D eigenvalue weighted by molar-refractivity contribution is 7.19. The third-order valence-electron chi connectivity index (χ3n) is 3.42. The minimum atomic E-state index is -0.169. The lowest BCUT2D eigenvalue weighted by Gasteiger charge is -2.07. The molecular formula is C19H18N2O3S. The zero-order chi connectivity index (χ0) is 17.5. The Bertz CT molecular complexity index is 839. The van der Waals surface area contributed by atoms with E-state index in [2.05, 4.69) is 10.3 Å². The van der Waals surface area contributed by atoms with Crippen molar-refractivity contribution >= 4 is 33.5 Å². The van der Waals surface area contributed by atoms with Gasteiger partial charge in [-0.05, 0) is 42.5 Å². The van der Waals surface area contributed by atoms with Crippen LogP contribution in [0, 0.1) is 0 Å². The largest absolute Gasteiger partial charge is 0.497 e. The van der Waals surface area contributed by atoms with Crippen molar-refractivity contribution < 1.29 is 14.3 Å². The predicted molar refractivity (Wildman–Crippen MR) is 100 cm³/mol. The number of benzene rings is 2. The van der Waals surface area contributed by atoms with Crippen molar-refractivity contribution in [2.45, 2.75) is 0 Å². The molecular weight excluding hydrogens is 336 g/mol. The van der Waals surface area contributed by atoms with E-state index in [0.717, 1.165) is 26.7 Å². The van der Waals surface area contributed by atoms with Gasteiger partial charge in [-0.2, -0.15) is 0 Å². The lowest BCUT2D eigenvalue weighted by molar-refractivity contribution is -0.116. The Balaban J connectivity index is 1.42. The van der Waals surface area contributed by atoms with Crippen LogP contribution in [-0.4, -0.2) is 31.2 Å². The number of para-hydroxylation sites is 1. The molecule has 1 heterocycles. The number of fused-ring (bicyclic) bond motifs is 1. The Morgan fingerprint density at radius 3 is 2.68 bits per heavy atom. The van der Waals surface area contributed by atoms with Crippen LogP contribution in [0.25, 0.3) is 16.3 Å². The van der Waals surface area contributed by atoms with Gasteiger partial charge in [0.15, 0.2) is 0 Å². The number of carbonyl (C=O) groups excluding carboxylic acids is 1. The summed E-state index contributed by atoms with van der Waals surface area (Å²) in [5.41, 5.74) is 0.945. The first-order valence-corrected chi connectivity index (χ1v) is 8.64. The molecule has 1 aromatic heterocycles. The minimum Gasteiger partial charge on any atom is -0.497 e. The first-order chi connectivity index (χ1) is 12.2. The Labute approximate surface area is 149 Å². The van der Waals surface area contributed by atoms with Gasteiger partial charge in [-0.1, -0.05) is 12.1 Å². The maximum absolute atomic E-state index is 11.8. The highest BCUT2D eigenvalue weighted by Gasteiger charge is 2.01. The van der Waals surface area contributed by atoms with Crippen molar-refractivity contribution in [3.8, 4) is 11.5 Å². The first kappa shape index (κ1) is 17.0. The van der Waals surface area contributed by atoms with Crippen LogP contribution < -0.4 is 14.8 Å². The minimum absolute atomic E-state index is 0.169. The molecule has 2 aromatic carbocycles. The van der Waals surface area contributed by atoms with Gasteiger partial charge in [0.25, 0.3) is 0 Å². The normalized spacial score (nSPS) is 10.9. The topological polar surface area (TPSA) is 60.5 Å². The van der Waals surface area contributed by atoms with Crippen molar-refractivity contribution in [1.82, 2.24) is 10.3 Å². The maximum Gasteiger partial charge on any atom is 0.244 e. The summed E-state index contributed by atoms with van der Waals surface area (Å²) in [5.74, 6) is 1.35. The van der Waals surface area contributed by atoms with Crippen LogP contribution in [0.5, 0.6) is 11.5 Å². The Morgan fingerprint density at radius 2 is 1.92 bits per heavy atom. The number of thiazole rings is 1. The summed E-state index contributed by atoms with van der Waals surface area (Å²) >= 11 is 1.56. The van der Waals surface area contributed by atoms with Crippen LogP contribution in [0.2, 0.25) is 0 Å². The molecule has 5 nitrogen and oxygen atoms in total. The molecule has 0 aliphatic carbocycles. The molecule has 1 N–H and O–H groups in total. The molecule has 128 valence electrons. The number of methoxy groups -OCH3 is 1. The lowest BCUT2D eigenvalue weighted by Crippen LogP contribution is -2.26. The molecule has 0 spiro atoms. The van der Waals surface area contributed by atoms with Gasteiger partial charge in [-0.25, -0.2) is 4.98 Å². The van der Waals surface area contributed by atoms with E-state index in [-0.39, 0.29) is 5.91 Å². The number of hydrogen-bond acceptors (Lipinski definition) is 5. The highest BCUT2D eigenvalue weighted by Crippen LogP contribution is 2.22. The highest BCUT2D eigenvalue weighted by atomic mass is 32.1. The van der Waals surface area contributed by atoms with Gasteiger partial charge < -0.3 is 14.8 Å². The standard InChI is InChI=1S/C19H18N2O3S/c1-23-14-6-8-15(9-7-14)24-13-12-20-18(22)10-11-19-21-16-4-2-3-5-17(16)25-19/h2-11H,12-13H2,1H3,(H,20,22)/b11-10+. The molecule has 3 rings (SSSR count). The Kier molecular flexibility index (Phi) is 5.64. The van der Waals surface area contributed by atoms with E-state index >= 15 is 0 Å². The molecule has 0 saturated carbocycles. The van der Waals surface area contributed by atoms with Gasteiger partial charge in [-0.3, -0.25) is 4.79 Å². The molecule has 0 aliphatic rings. The molecule has 0 fully saturated rings. The van der Waals surface area contributed by atoms with Gasteiger partial charge in [-0.15, -0.1) is 11.3 Å². The van der Waals surface area contributed by atoms with Crippen LogP contribution in [0.3, 0.4) is 0 Å². The lowest BCUT2D eigenvalue weighted by atomic mass is 10.3. The molecule has 0 aliphatic heterocycles. The summed E-state index contributed by atoms with van der Waals surface area (Å²) in [6, 6.07) is 15.2. The maximum atomic E-state index is 11.8. The second-order valence-corrected chi connectivity index (χ2v) is 6.23.